The predicted octanol–water partition coefficient (Wildman–Crippen LogP) is 3.07. The summed E-state index contributed by atoms with van der Waals surface area (Å²) in [6.07, 6.45) is 0.274. The molecule has 6 nitrogen and oxygen atoms in total. The van der Waals surface area contributed by atoms with E-state index in [1.165, 1.54) is 30.5 Å². The van der Waals surface area contributed by atoms with Crippen LogP contribution in [0.3, 0.4) is 0 Å². The van der Waals surface area contributed by atoms with Gasteiger partial charge in [0.2, 0.25) is 5.91 Å². The lowest BCUT2D eigenvalue weighted by Gasteiger charge is -2.35. The molecular weight excluding hydrogens is 401 g/mol. The molecule has 0 spiro atoms. The Morgan fingerprint density at radius 1 is 1.42 bits per heavy atom. The normalized spacial score (nSPS) is 22.9. The van der Waals surface area contributed by atoms with E-state index in [9.17, 15) is 17.6 Å². The van der Waals surface area contributed by atoms with E-state index in [-0.39, 0.29) is 11.4 Å². The fraction of sp³-hybridized carbons (Fsp3) is 0.312. The van der Waals surface area contributed by atoms with E-state index < -0.39 is 34.0 Å². The van der Waals surface area contributed by atoms with Gasteiger partial charge in [-0.25, -0.2) is 4.39 Å². The number of nitrogens with zero attached hydrogens (tertiary/aromatic N) is 1. The predicted molar refractivity (Wildman–Crippen MR) is 100 cm³/mol. The highest BCUT2D eigenvalue weighted by Crippen LogP contribution is 2.32. The van der Waals surface area contributed by atoms with E-state index in [4.69, 9.17) is 11.6 Å². The molecule has 1 aliphatic rings. The summed E-state index contributed by atoms with van der Waals surface area (Å²) >= 11 is 7.16. The quantitative estimate of drug-likeness (QED) is 0.805. The van der Waals surface area contributed by atoms with Gasteiger partial charge < -0.3 is 5.32 Å². The second kappa shape index (κ2) is 7.24. The minimum atomic E-state index is -3.81. The molecule has 1 amide bonds. The van der Waals surface area contributed by atoms with Gasteiger partial charge in [-0.2, -0.15) is 17.4 Å². The third-order valence-electron chi connectivity index (χ3n) is 4.15. The zero-order chi connectivity index (χ0) is 19.1. The highest BCUT2D eigenvalue weighted by Gasteiger charge is 2.41. The Balaban J connectivity index is 1.83. The van der Waals surface area contributed by atoms with Crippen molar-refractivity contribution in [2.75, 3.05) is 12.4 Å². The van der Waals surface area contributed by atoms with Crippen LogP contribution in [-0.4, -0.2) is 31.7 Å². The molecular formula is C16H17ClFN3O3S2. The molecule has 26 heavy (non-hydrogen) atoms. The zero-order valence-electron chi connectivity index (χ0n) is 14.0. The van der Waals surface area contributed by atoms with E-state index in [1.54, 1.807) is 0 Å². The average Bonchev–Trinajstić information content (AvgIpc) is 2.99. The summed E-state index contributed by atoms with van der Waals surface area (Å²) in [7, 11) is -2.46. The monoisotopic (exact) mass is 417 g/mol. The van der Waals surface area contributed by atoms with Crippen molar-refractivity contribution in [1.29, 1.82) is 0 Å². The van der Waals surface area contributed by atoms with Crippen LogP contribution in [0.25, 0.3) is 0 Å². The minimum absolute atomic E-state index is 0.124. The SMILES string of the molecule is Cc1csc(C2CC(C(=O)Nc3ccc(F)c(Cl)c3)N(C)S(=O)(=O)N2)c1. The summed E-state index contributed by atoms with van der Waals surface area (Å²) < 4.78 is 41.7. The Hall–Kier alpha value is -1.52. The first-order valence-electron chi connectivity index (χ1n) is 7.73. The van der Waals surface area contributed by atoms with Gasteiger partial charge in [0.1, 0.15) is 11.9 Å². The van der Waals surface area contributed by atoms with Crippen molar-refractivity contribution in [3.63, 3.8) is 0 Å². The van der Waals surface area contributed by atoms with Crippen molar-refractivity contribution in [3.8, 4) is 0 Å². The number of amides is 1. The maximum Gasteiger partial charge on any atom is 0.280 e. The smallest absolute Gasteiger partial charge is 0.280 e. The van der Waals surface area contributed by atoms with Gasteiger partial charge in [0.05, 0.1) is 11.1 Å². The Morgan fingerprint density at radius 2 is 2.15 bits per heavy atom. The van der Waals surface area contributed by atoms with Crippen molar-refractivity contribution >= 4 is 44.7 Å². The van der Waals surface area contributed by atoms with Gasteiger partial charge in [0, 0.05) is 17.6 Å². The van der Waals surface area contributed by atoms with E-state index in [2.05, 4.69) is 10.0 Å². The Morgan fingerprint density at radius 3 is 2.77 bits per heavy atom. The van der Waals surface area contributed by atoms with Gasteiger partial charge in [-0.3, -0.25) is 4.79 Å². The first-order valence-corrected chi connectivity index (χ1v) is 10.4. The first-order chi connectivity index (χ1) is 12.2. The molecule has 0 aliphatic carbocycles. The number of carbonyl (C=O) groups is 1. The Bertz CT molecular complexity index is 948. The number of hydrogen-bond acceptors (Lipinski definition) is 4. The van der Waals surface area contributed by atoms with E-state index in [0.29, 0.717) is 5.69 Å². The van der Waals surface area contributed by atoms with E-state index in [1.807, 2.05) is 18.4 Å². The van der Waals surface area contributed by atoms with Crippen molar-refractivity contribution < 1.29 is 17.6 Å². The summed E-state index contributed by atoms with van der Waals surface area (Å²) in [5, 5.41) is 4.41. The molecule has 2 heterocycles. The van der Waals surface area contributed by atoms with Gasteiger partial charge in [0.15, 0.2) is 0 Å². The zero-order valence-corrected chi connectivity index (χ0v) is 16.4. The number of benzene rings is 1. The molecule has 0 bridgehead atoms. The van der Waals surface area contributed by atoms with Crippen LogP contribution in [-0.2, 0) is 15.0 Å². The van der Waals surface area contributed by atoms with Crippen LogP contribution in [0.1, 0.15) is 22.9 Å². The third kappa shape index (κ3) is 3.91. The highest BCUT2D eigenvalue weighted by atomic mass is 35.5. The fourth-order valence-corrected chi connectivity index (χ4v) is 5.22. The van der Waals surface area contributed by atoms with Crippen LogP contribution >= 0.6 is 22.9 Å². The molecule has 2 atom stereocenters. The number of rotatable bonds is 3. The Labute approximate surface area is 160 Å². The lowest BCUT2D eigenvalue weighted by molar-refractivity contribution is -0.120. The number of aryl methyl sites for hydroxylation is 1. The molecule has 0 saturated carbocycles. The second-order valence-corrected chi connectivity index (χ2v) is 9.20. The average molecular weight is 418 g/mol. The summed E-state index contributed by atoms with van der Waals surface area (Å²) in [5.74, 6) is -1.10. The summed E-state index contributed by atoms with van der Waals surface area (Å²) in [4.78, 5) is 13.5. The van der Waals surface area contributed by atoms with Crippen molar-refractivity contribution in [3.05, 3.63) is 50.9 Å². The van der Waals surface area contributed by atoms with Crippen LogP contribution in [0.4, 0.5) is 10.1 Å². The standard InChI is InChI=1S/C16H17ClFN3O3S2/c1-9-5-15(25-8-9)13-7-14(21(2)26(23,24)20-13)16(22)19-10-3-4-12(18)11(17)6-10/h3-6,8,13-14,20H,7H2,1-2H3,(H,19,22). The second-order valence-electron chi connectivity index (χ2n) is 6.09. The molecule has 1 aromatic heterocycles. The van der Waals surface area contributed by atoms with Crippen LogP contribution in [0.5, 0.6) is 0 Å². The Kier molecular flexibility index (Phi) is 5.36. The molecule has 1 aromatic carbocycles. The van der Waals surface area contributed by atoms with Gasteiger partial charge >= 0.3 is 0 Å². The number of hydrogen-bond donors (Lipinski definition) is 2. The van der Waals surface area contributed by atoms with Crippen molar-refractivity contribution in [2.45, 2.75) is 25.4 Å². The number of carbonyl (C=O) groups excluding carboxylic acids is 1. The van der Waals surface area contributed by atoms with Gasteiger partial charge in [-0.15, -0.1) is 11.3 Å². The van der Waals surface area contributed by atoms with Crippen LogP contribution in [0.15, 0.2) is 29.6 Å². The highest BCUT2D eigenvalue weighted by molar-refractivity contribution is 7.87. The fourth-order valence-electron chi connectivity index (χ4n) is 2.73. The van der Waals surface area contributed by atoms with Gasteiger partial charge in [0.25, 0.3) is 10.2 Å². The summed E-state index contributed by atoms with van der Waals surface area (Å²) in [5.41, 5.74) is 1.33. The first kappa shape index (κ1) is 19.2. The number of halogens is 2. The molecule has 1 aliphatic heterocycles. The number of likely N-dealkylation sites (N-methyl/N-ethyl adjacent to an activating group) is 1. The molecule has 1 fully saturated rings. The lowest BCUT2D eigenvalue weighted by Crippen LogP contribution is -2.55. The summed E-state index contributed by atoms with van der Waals surface area (Å²) in [6, 6.07) is 4.30. The van der Waals surface area contributed by atoms with Crippen molar-refractivity contribution in [1.82, 2.24) is 9.03 Å². The van der Waals surface area contributed by atoms with Gasteiger partial charge in [-0.05, 0) is 48.6 Å². The molecule has 10 heteroatoms. The number of thiophene rings is 1. The van der Waals surface area contributed by atoms with Gasteiger partial charge in [-0.1, -0.05) is 11.6 Å². The van der Waals surface area contributed by atoms with E-state index in [0.717, 1.165) is 20.8 Å². The molecule has 0 radical (unpaired) electrons. The molecule has 2 aromatic rings. The largest absolute Gasteiger partial charge is 0.325 e. The van der Waals surface area contributed by atoms with Crippen LogP contribution < -0.4 is 10.0 Å². The van der Waals surface area contributed by atoms with Crippen LogP contribution in [0.2, 0.25) is 5.02 Å². The van der Waals surface area contributed by atoms with Crippen molar-refractivity contribution in [2.24, 2.45) is 0 Å². The maximum absolute atomic E-state index is 13.3. The molecule has 2 N–H and O–H groups in total. The molecule has 140 valence electrons. The molecule has 3 rings (SSSR count). The lowest BCUT2D eigenvalue weighted by atomic mass is 10.0. The maximum atomic E-state index is 13.3. The third-order valence-corrected chi connectivity index (χ3v) is 7.20. The summed E-state index contributed by atoms with van der Waals surface area (Å²) in [6.45, 7) is 1.92. The molecule has 2 unspecified atom stereocenters. The number of anilines is 1. The minimum Gasteiger partial charge on any atom is -0.325 e. The number of nitrogens with one attached hydrogen (secondary N) is 2. The molecule has 1 saturated heterocycles. The topological polar surface area (TPSA) is 78.5 Å². The van der Waals surface area contributed by atoms with Crippen LogP contribution in [0, 0.1) is 12.7 Å². The van der Waals surface area contributed by atoms with E-state index >= 15 is 0 Å².